The van der Waals surface area contributed by atoms with Crippen molar-refractivity contribution in [1.82, 2.24) is 10.2 Å². The van der Waals surface area contributed by atoms with Gasteiger partial charge in [-0.25, -0.2) is 8.42 Å². The number of rotatable bonds is 13. The van der Waals surface area contributed by atoms with Gasteiger partial charge in [-0.3, -0.25) is 13.9 Å². The molecule has 7 nitrogen and oxygen atoms in total. The van der Waals surface area contributed by atoms with E-state index >= 15 is 0 Å². The molecule has 0 heterocycles. The Morgan fingerprint density at radius 3 is 2.13 bits per heavy atom. The molecule has 0 aliphatic heterocycles. The van der Waals surface area contributed by atoms with Crippen LogP contribution in [0.15, 0.2) is 102 Å². The molecule has 10 heteroatoms. The highest BCUT2D eigenvalue weighted by Gasteiger charge is 2.35. The van der Waals surface area contributed by atoms with Gasteiger partial charge in [0.05, 0.1) is 10.6 Å². The van der Waals surface area contributed by atoms with E-state index in [4.69, 9.17) is 23.2 Å². The van der Waals surface area contributed by atoms with Crippen LogP contribution in [0.4, 0.5) is 5.69 Å². The first-order valence-electron chi connectivity index (χ1n) is 14.7. The van der Waals surface area contributed by atoms with Gasteiger partial charge >= 0.3 is 0 Å². The third kappa shape index (κ3) is 8.66. The fraction of sp³-hybridized carbons (Fsp3) is 0.257. The van der Waals surface area contributed by atoms with Crippen molar-refractivity contribution in [3.8, 4) is 0 Å². The number of anilines is 1. The number of nitrogens with zero attached hydrogens (tertiary/aromatic N) is 2. The van der Waals surface area contributed by atoms with E-state index in [2.05, 4.69) is 5.32 Å². The molecule has 2 amide bonds. The highest BCUT2D eigenvalue weighted by molar-refractivity contribution is 7.92. The number of hydrogen-bond acceptors (Lipinski definition) is 4. The lowest BCUT2D eigenvalue weighted by Crippen LogP contribution is -2.53. The first kappa shape index (κ1) is 34.0. The minimum atomic E-state index is -4.18. The quantitative estimate of drug-likeness (QED) is 0.167. The molecule has 4 aromatic rings. The summed E-state index contributed by atoms with van der Waals surface area (Å²) >= 11 is 12.7. The Balaban J connectivity index is 1.82. The van der Waals surface area contributed by atoms with Crippen molar-refractivity contribution in [2.45, 2.75) is 51.1 Å². The number of amides is 2. The molecule has 45 heavy (non-hydrogen) atoms. The predicted molar refractivity (Wildman–Crippen MR) is 181 cm³/mol. The summed E-state index contributed by atoms with van der Waals surface area (Å²) in [6.07, 6.45) is 0.916. The Labute approximate surface area is 275 Å². The second-order valence-corrected chi connectivity index (χ2v) is 13.6. The fourth-order valence-corrected chi connectivity index (χ4v) is 6.78. The van der Waals surface area contributed by atoms with E-state index in [1.807, 2.05) is 57.2 Å². The summed E-state index contributed by atoms with van der Waals surface area (Å²) in [7, 11) is -4.18. The number of hydrogen-bond donors (Lipinski definition) is 1. The molecule has 0 saturated heterocycles. The van der Waals surface area contributed by atoms with Gasteiger partial charge in [0.1, 0.15) is 12.6 Å². The smallest absolute Gasteiger partial charge is 0.264 e. The van der Waals surface area contributed by atoms with Gasteiger partial charge in [-0.2, -0.15) is 0 Å². The monoisotopic (exact) mass is 665 g/mol. The molecule has 0 spiro atoms. The van der Waals surface area contributed by atoms with Crippen LogP contribution in [0.25, 0.3) is 0 Å². The number of carbonyl (C=O) groups is 2. The number of benzene rings is 4. The predicted octanol–water partition coefficient (Wildman–Crippen LogP) is 6.97. The van der Waals surface area contributed by atoms with Gasteiger partial charge in [0, 0.05) is 29.6 Å². The Hall–Kier alpha value is -3.85. The van der Waals surface area contributed by atoms with Crippen LogP contribution in [0, 0.1) is 13.8 Å². The van der Waals surface area contributed by atoms with Crippen LogP contribution in [-0.4, -0.2) is 44.3 Å². The summed E-state index contributed by atoms with van der Waals surface area (Å²) in [4.78, 5) is 29.7. The summed E-state index contributed by atoms with van der Waals surface area (Å²) in [6.45, 7) is 5.59. The van der Waals surface area contributed by atoms with Crippen molar-refractivity contribution < 1.29 is 18.0 Å². The molecule has 0 aliphatic rings. The molecule has 1 N–H and O–H groups in total. The molecule has 0 fully saturated rings. The lowest BCUT2D eigenvalue weighted by atomic mass is 10.0. The number of carbonyl (C=O) groups excluding carboxylic acids is 2. The van der Waals surface area contributed by atoms with Gasteiger partial charge in [0.15, 0.2) is 0 Å². The molecule has 0 aliphatic carbocycles. The third-order valence-corrected chi connectivity index (χ3v) is 9.94. The molecule has 0 radical (unpaired) electrons. The lowest BCUT2D eigenvalue weighted by molar-refractivity contribution is -0.140. The molecule has 0 saturated carbocycles. The van der Waals surface area contributed by atoms with Crippen molar-refractivity contribution in [3.05, 3.63) is 129 Å². The average molecular weight is 667 g/mol. The van der Waals surface area contributed by atoms with E-state index in [0.717, 1.165) is 21.0 Å². The number of sulfonamides is 1. The Morgan fingerprint density at radius 2 is 1.51 bits per heavy atom. The standard InChI is InChI=1S/C35H37Cl2N3O4S/c1-4-19-38-35(42)33(21-27-11-7-5-8-12-27)39(23-28-16-17-29(36)22-32(28)37)34(41)24-40(30-18-15-25(2)26(3)20-30)45(43,44)31-13-9-6-10-14-31/h5-18,20,22,33H,4,19,21,23-24H2,1-3H3,(H,38,42)/t33-/m0/s1. The van der Waals surface area contributed by atoms with E-state index < -0.39 is 28.5 Å². The second kappa shape index (κ2) is 15.4. The maximum absolute atomic E-state index is 14.5. The molecule has 4 aromatic carbocycles. The zero-order valence-electron chi connectivity index (χ0n) is 25.5. The first-order valence-corrected chi connectivity index (χ1v) is 16.9. The number of nitrogens with one attached hydrogen (secondary N) is 1. The number of aryl methyl sites for hydroxylation is 2. The summed E-state index contributed by atoms with van der Waals surface area (Å²) < 4.78 is 29.3. The number of halogens is 2. The molecule has 0 unspecified atom stereocenters. The third-order valence-electron chi connectivity index (χ3n) is 7.56. The first-order chi connectivity index (χ1) is 21.5. The summed E-state index contributed by atoms with van der Waals surface area (Å²) in [6, 6.07) is 26.6. The van der Waals surface area contributed by atoms with Crippen LogP contribution in [-0.2, 0) is 32.6 Å². The van der Waals surface area contributed by atoms with Crippen molar-refractivity contribution in [2.24, 2.45) is 0 Å². The average Bonchev–Trinajstić information content (AvgIpc) is 3.03. The van der Waals surface area contributed by atoms with Gasteiger partial charge < -0.3 is 10.2 Å². The second-order valence-electron chi connectivity index (χ2n) is 10.8. The minimum absolute atomic E-state index is 0.0436. The topological polar surface area (TPSA) is 86.8 Å². The Kier molecular flexibility index (Phi) is 11.7. The van der Waals surface area contributed by atoms with Crippen LogP contribution < -0.4 is 9.62 Å². The van der Waals surface area contributed by atoms with Crippen LogP contribution in [0.2, 0.25) is 10.0 Å². The van der Waals surface area contributed by atoms with Crippen LogP contribution in [0.1, 0.15) is 35.6 Å². The maximum atomic E-state index is 14.5. The zero-order chi connectivity index (χ0) is 32.6. The molecule has 0 aromatic heterocycles. The zero-order valence-corrected chi connectivity index (χ0v) is 27.9. The Bertz CT molecular complexity index is 1730. The van der Waals surface area contributed by atoms with Crippen LogP contribution >= 0.6 is 23.2 Å². The van der Waals surface area contributed by atoms with Gasteiger partial charge in [0.2, 0.25) is 11.8 Å². The van der Waals surface area contributed by atoms with E-state index in [-0.39, 0.29) is 23.8 Å². The largest absolute Gasteiger partial charge is 0.354 e. The highest BCUT2D eigenvalue weighted by atomic mass is 35.5. The molecule has 0 bridgehead atoms. The van der Waals surface area contributed by atoms with E-state index in [0.29, 0.717) is 34.3 Å². The molecule has 4 rings (SSSR count). The molecular weight excluding hydrogens is 629 g/mol. The van der Waals surface area contributed by atoms with E-state index in [9.17, 15) is 18.0 Å². The van der Waals surface area contributed by atoms with Crippen LogP contribution in [0.3, 0.4) is 0 Å². The van der Waals surface area contributed by atoms with Crippen molar-refractivity contribution >= 4 is 50.7 Å². The van der Waals surface area contributed by atoms with Crippen LogP contribution in [0.5, 0.6) is 0 Å². The fourth-order valence-electron chi connectivity index (χ4n) is 4.88. The summed E-state index contributed by atoms with van der Waals surface area (Å²) in [5, 5.41) is 3.69. The SMILES string of the molecule is CCCNC(=O)[C@H](Cc1ccccc1)N(Cc1ccc(Cl)cc1Cl)C(=O)CN(c1ccc(C)c(C)c1)S(=O)(=O)c1ccccc1. The maximum Gasteiger partial charge on any atom is 0.264 e. The van der Waals surface area contributed by atoms with Crippen molar-refractivity contribution in [3.63, 3.8) is 0 Å². The van der Waals surface area contributed by atoms with Gasteiger partial charge in [-0.15, -0.1) is 0 Å². The van der Waals surface area contributed by atoms with E-state index in [1.165, 1.54) is 17.0 Å². The molecule has 236 valence electrons. The Morgan fingerprint density at radius 1 is 0.844 bits per heavy atom. The minimum Gasteiger partial charge on any atom is -0.354 e. The summed E-state index contributed by atoms with van der Waals surface area (Å²) in [5.74, 6) is -0.908. The molecule has 1 atom stereocenters. The van der Waals surface area contributed by atoms with E-state index in [1.54, 1.807) is 48.5 Å². The molecular formula is C35H37Cl2N3O4S. The van der Waals surface area contributed by atoms with Crippen molar-refractivity contribution in [2.75, 3.05) is 17.4 Å². The lowest BCUT2D eigenvalue weighted by Gasteiger charge is -2.34. The van der Waals surface area contributed by atoms with Gasteiger partial charge in [0.25, 0.3) is 10.0 Å². The normalized spacial score (nSPS) is 11.9. The van der Waals surface area contributed by atoms with Gasteiger partial charge in [-0.1, -0.05) is 90.8 Å². The summed E-state index contributed by atoms with van der Waals surface area (Å²) in [5.41, 5.74) is 3.61. The van der Waals surface area contributed by atoms with Gasteiger partial charge in [-0.05, 0) is 78.9 Å². The van der Waals surface area contributed by atoms with Crippen molar-refractivity contribution in [1.29, 1.82) is 0 Å². The highest BCUT2D eigenvalue weighted by Crippen LogP contribution is 2.28.